The first-order chi connectivity index (χ1) is 4.70. The Morgan fingerprint density at radius 3 is 2.80 bits per heavy atom. The predicted octanol–water partition coefficient (Wildman–Crippen LogP) is 0.105. The number of Topliss-reactive ketones (excluding diaryl/α,β-unsaturated/α-hetero) is 1. The number of hydrogen-bond acceptors (Lipinski definition) is 2. The highest BCUT2D eigenvalue weighted by Crippen LogP contribution is 1.93. The Morgan fingerprint density at radius 1 is 1.70 bits per heavy atom. The Balaban J connectivity index is 3.07. The van der Waals surface area contributed by atoms with E-state index in [1.807, 2.05) is 0 Å². The van der Waals surface area contributed by atoms with E-state index in [9.17, 15) is 4.79 Å². The molecule has 0 bridgehead atoms. The first kappa shape index (κ1) is 6.74. The summed E-state index contributed by atoms with van der Waals surface area (Å²) < 4.78 is 0.778. The number of ketones is 1. The SMILES string of the molecule is [CH]C(=O)c1ccc[n+](O)c1. The summed E-state index contributed by atoms with van der Waals surface area (Å²) in [4.78, 5) is 10.5. The van der Waals surface area contributed by atoms with Crippen LogP contribution in [0.4, 0.5) is 0 Å². The van der Waals surface area contributed by atoms with Gasteiger partial charge in [0.2, 0.25) is 12.4 Å². The Hall–Kier alpha value is -1.38. The van der Waals surface area contributed by atoms with Gasteiger partial charge in [-0.15, -0.1) is 0 Å². The largest absolute Gasteiger partial charge is 0.294 e. The summed E-state index contributed by atoms with van der Waals surface area (Å²) in [5.41, 5.74) is 0.282. The second-order valence-electron chi connectivity index (χ2n) is 1.84. The third-order valence-corrected chi connectivity index (χ3v) is 1.07. The summed E-state index contributed by atoms with van der Waals surface area (Å²) in [5, 5.41) is 8.77. The van der Waals surface area contributed by atoms with E-state index in [-0.39, 0.29) is 5.56 Å². The molecule has 2 radical (unpaired) electrons. The van der Waals surface area contributed by atoms with Gasteiger partial charge in [0.05, 0.1) is 5.56 Å². The van der Waals surface area contributed by atoms with Crippen LogP contribution in [0.5, 0.6) is 0 Å². The van der Waals surface area contributed by atoms with Gasteiger partial charge in [-0.3, -0.25) is 10.0 Å². The molecule has 0 fully saturated rings. The van der Waals surface area contributed by atoms with Crippen LogP contribution in [-0.2, 0) is 0 Å². The van der Waals surface area contributed by atoms with Crippen molar-refractivity contribution in [2.75, 3.05) is 0 Å². The number of hydrogen-bond donors (Lipinski definition) is 1. The summed E-state index contributed by atoms with van der Waals surface area (Å²) in [5.74, 6) is -0.552. The zero-order valence-electron chi connectivity index (χ0n) is 5.19. The van der Waals surface area contributed by atoms with E-state index in [1.54, 1.807) is 0 Å². The van der Waals surface area contributed by atoms with Crippen LogP contribution in [0.15, 0.2) is 24.5 Å². The molecule has 10 heavy (non-hydrogen) atoms. The van der Waals surface area contributed by atoms with Crippen molar-refractivity contribution < 1.29 is 14.7 Å². The van der Waals surface area contributed by atoms with Crippen LogP contribution in [0.2, 0.25) is 0 Å². The predicted molar refractivity (Wildman–Crippen MR) is 32.5 cm³/mol. The third kappa shape index (κ3) is 1.31. The van der Waals surface area contributed by atoms with Gasteiger partial charge in [-0.05, 0) is 6.07 Å². The molecule has 0 aliphatic rings. The lowest BCUT2D eigenvalue weighted by Crippen LogP contribution is -2.29. The van der Waals surface area contributed by atoms with Gasteiger partial charge in [0.15, 0.2) is 5.78 Å². The van der Waals surface area contributed by atoms with Crippen molar-refractivity contribution in [1.82, 2.24) is 0 Å². The summed E-state index contributed by atoms with van der Waals surface area (Å²) >= 11 is 0. The monoisotopic (exact) mass is 136 g/mol. The molecule has 3 heteroatoms. The lowest BCUT2D eigenvalue weighted by atomic mass is 10.2. The molecule has 1 rings (SSSR count). The van der Waals surface area contributed by atoms with Crippen molar-refractivity contribution in [3.63, 3.8) is 0 Å². The van der Waals surface area contributed by atoms with E-state index in [4.69, 9.17) is 12.1 Å². The van der Waals surface area contributed by atoms with Gasteiger partial charge in [-0.25, -0.2) is 0 Å². The normalized spacial score (nSPS) is 9.30. The zero-order valence-corrected chi connectivity index (χ0v) is 5.19. The lowest BCUT2D eigenvalue weighted by molar-refractivity contribution is -0.904. The quantitative estimate of drug-likeness (QED) is 0.338. The Kier molecular flexibility index (Phi) is 1.67. The Bertz CT molecular complexity index is 258. The minimum absolute atomic E-state index is 0.282. The highest BCUT2D eigenvalue weighted by molar-refractivity contribution is 5.98. The fraction of sp³-hybridized carbons (Fsp3) is 0. The molecule has 1 aromatic rings. The molecule has 1 heterocycles. The second kappa shape index (κ2) is 2.47. The summed E-state index contributed by atoms with van der Waals surface area (Å²) in [6.07, 6.45) is 2.63. The average Bonchev–Trinajstić information content (AvgIpc) is 1.88. The molecule has 0 saturated carbocycles. The standard InChI is InChI=1S/C7H6NO2/c1-6(9)7-3-2-4-8(10)5-7/h1-5,10H/q+1. The Labute approximate surface area is 58.5 Å². The highest BCUT2D eigenvalue weighted by atomic mass is 16.5. The van der Waals surface area contributed by atoms with Crippen molar-refractivity contribution in [3.8, 4) is 0 Å². The molecule has 0 aliphatic carbocycles. The van der Waals surface area contributed by atoms with Crippen LogP contribution in [0, 0.1) is 6.92 Å². The van der Waals surface area contributed by atoms with Crippen molar-refractivity contribution in [2.45, 2.75) is 0 Å². The highest BCUT2D eigenvalue weighted by Gasteiger charge is 2.03. The van der Waals surface area contributed by atoms with Crippen LogP contribution in [-0.4, -0.2) is 11.0 Å². The molecule has 1 N–H and O–H groups in total. The minimum atomic E-state index is -0.552. The van der Waals surface area contributed by atoms with E-state index < -0.39 is 5.78 Å². The van der Waals surface area contributed by atoms with Gasteiger partial charge in [0, 0.05) is 17.7 Å². The van der Waals surface area contributed by atoms with Crippen molar-refractivity contribution >= 4 is 5.78 Å². The summed E-state index contributed by atoms with van der Waals surface area (Å²) in [6.45, 7) is 4.92. The molecule has 1 aromatic heterocycles. The molecule has 50 valence electrons. The van der Waals surface area contributed by atoms with Gasteiger partial charge in [0.1, 0.15) is 0 Å². The van der Waals surface area contributed by atoms with E-state index >= 15 is 0 Å². The van der Waals surface area contributed by atoms with Gasteiger partial charge in [-0.1, -0.05) is 0 Å². The van der Waals surface area contributed by atoms with Crippen LogP contribution in [0.3, 0.4) is 0 Å². The van der Waals surface area contributed by atoms with E-state index in [2.05, 4.69) is 0 Å². The number of rotatable bonds is 1. The maximum Gasteiger partial charge on any atom is 0.233 e. The van der Waals surface area contributed by atoms with E-state index in [1.165, 1.54) is 24.5 Å². The van der Waals surface area contributed by atoms with Crippen LogP contribution < -0.4 is 4.73 Å². The number of pyridine rings is 1. The molecular weight excluding hydrogens is 130 g/mol. The maximum absolute atomic E-state index is 10.5. The van der Waals surface area contributed by atoms with Gasteiger partial charge >= 0.3 is 0 Å². The van der Waals surface area contributed by atoms with Crippen LogP contribution in [0.25, 0.3) is 0 Å². The first-order valence-electron chi connectivity index (χ1n) is 2.70. The van der Waals surface area contributed by atoms with E-state index in [0.29, 0.717) is 0 Å². The molecule has 0 aliphatic heterocycles. The smallest absolute Gasteiger partial charge is 0.233 e. The zero-order chi connectivity index (χ0) is 7.56. The Morgan fingerprint density at radius 2 is 2.40 bits per heavy atom. The maximum atomic E-state index is 10.5. The van der Waals surface area contributed by atoms with Crippen LogP contribution >= 0.6 is 0 Å². The topological polar surface area (TPSA) is 41.2 Å². The van der Waals surface area contributed by atoms with Crippen LogP contribution in [0.1, 0.15) is 10.4 Å². The molecule has 0 saturated heterocycles. The molecular formula is C7H6NO2+. The number of aromatic nitrogens is 1. The van der Waals surface area contributed by atoms with Crippen molar-refractivity contribution in [3.05, 3.63) is 37.0 Å². The first-order valence-corrected chi connectivity index (χ1v) is 2.70. The van der Waals surface area contributed by atoms with Crippen molar-refractivity contribution in [2.24, 2.45) is 0 Å². The summed E-state index contributed by atoms with van der Waals surface area (Å²) in [7, 11) is 0. The van der Waals surface area contributed by atoms with Gasteiger partial charge in [-0.2, -0.15) is 0 Å². The molecule has 0 spiro atoms. The fourth-order valence-corrected chi connectivity index (χ4v) is 0.609. The molecule has 0 unspecified atom stereocenters. The van der Waals surface area contributed by atoms with E-state index in [0.717, 1.165) is 4.73 Å². The lowest BCUT2D eigenvalue weighted by Gasteiger charge is -1.87. The number of nitrogens with zero attached hydrogens (tertiary/aromatic N) is 1. The third-order valence-electron chi connectivity index (χ3n) is 1.07. The van der Waals surface area contributed by atoms with Crippen molar-refractivity contribution in [1.29, 1.82) is 0 Å². The second-order valence-corrected chi connectivity index (χ2v) is 1.84. The number of carbonyl (C=O) groups is 1. The fourth-order valence-electron chi connectivity index (χ4n) is 0.609. The van der Waals surface area contributed by atoms with Gasteiger partial charge in [0.25, 0.3) is 0 Å². The molecule has 0 atom stereocenters. The average molecular weight is 136 g/mol. The summed E-state index contributed by atoms with van der Waals surface area (Å²) in [6, 6.07) is 3.05. The van der Waals surface area contributed by atoms with Gasteiger partial charge < -0.3 is 0 Å². The minimum Gasteiger partial charge on any atom is -0.294 e. The molecule has 3 nitrogen and oxygen atoms in total. The number of carbonyl (C=O) groups excluding carboxylic acids is 1. The molecule has 0 amide bonds. The molecule has 0 aromatic carbocycles.